The van der Waals surface area contributed by atoms with Gasteiger partial charge in [0, 0.05) is 11.5 Å². The zero-order chi connectivity index (χ0) is 6.24. The highest BCUT2D eigenvalue weighted by Gasteiger charge is 1.85. The van der Waals surface area contributed by atoms with Crippen LogP contribution in [0, 0.1) is 6.92 Å². The fraction of sp³-hybridized carbons (Fsp3) is 0.750. The van der Waals surface area contributed by atoms with Crippen LogP contribution in [-0.4, -0.2) is 11.5 Å². The molecular formula is C4H9S4. The van der Waals surface area contributed by atoms with Crippen LogP contribution in [0.5, 0.6) is 0 Å². The Morgan fingerprint density at radius 2 is 1.88 bits per heavy atom. The Kier molecular flexibility index (Phi) is 9.87. The third-order valence-electron chi connectivity index (χ3n) is 0.325. The molecule has 4 heteroatoms. The standard InChI is InChI=1S/C4H9S4/c1-3-5-7-8-6-4-2/h1,3-4H2,2H3. The van der Waals surface area contributed by atoms with E-state index in [1.165, 1.54) is 5.75 Å². The van der Waals surface area contributed by atoms with Crippen LogP contribution in [0.2, 0.25) is 0 Å². The van der Waals surface area contributed by atoms with E-state index in [4.69, 9.17) is 0 Å². The summed E-state index contributed by atoms with van der Waals surface area (Å²) >= 11 is 0. The molecule has 0 N–H and O–H groups in total. The minimum Gasteiger partial charge on any atom is -0.0820 e. The highest BCUT2D eigenvalue weighted by Crippen LogP contribution is 2.42. The largest absolute Gasteiger partial charge is 0.0820 e. The molecule has 0 aromatic carbocycles. The van der Waals surface area contributed by atoms with Crippen molar-refractivity contribution in [2.24, 2.45) is 0 Å². The van der Waals surface area contributed by atoms with Crippen molar-refractivity contribution in [3.8, 4) is 0 Å². The van der Waals surface area contributed by atoms with Crippen LogP contribution in [0.25, 0.3) is 0 Å². The minimum absolute atomic E-state index is 0.960. The molecule has 0 nitrogen and oxygen atoms in total. The van der Waals surface area contributed by atoms with Crippen molar-refractivity contribution in [1.82, 2.24) is 0 Å². The van der Waals surface area contributed by atoms with Crippen LogP contribution in [0.3, 0.4) is 0 Å². The van der Waals surface area contributed by atoms with Gasteiger partial charge >= 0.3 is 0 Å². The topological polar surface area (TPSA) is 0 Å². The van der Waals surface area contributed by atoms with Gasteiger partial charge in [-0.1, -0.05) is 28.5 Å². The molecule has 0 aromatic rings. The lowest BCUT2D eigenvalue weighted by atomic mass is 11.0. The molecule has 0 heterocycles. The van der Waals surface area contributed by atoms with Crippen molar-refractivity contribution >= 4 is 41.2 Å². The Labute approximate surface area is 66.5 Å². The second-order valence-corrected chi connectivity index (χ2v) is 7.27. The van der Waals surface area contributed by atoms with Crippen molar-refractivity contribution < 1.29 is 0 Å². The Morgan fingerprint density at radius 1 is 1.25 bits per heavy atom. The molecule has 0 aliphatic heterocycles. The Bertz CT molecular complexity index is 33.0. The van der Waals surface area contributed by atoms with E-state index in [2.05, 4.69) is 13.8 Å². The SMILES string of the molecule is [CH2]CSSSSCC. The summed E-state index contributed by atoms with van der Waals surface area (Å²) in [6.07, 6.45) is 0. The molecule has 0 aliphatic rings. The van der Waals surface area contributed by atoms with E-state index in [0.717, 1.165) is 5.75 Å². The first-order valence-corrected chi connectivity index (χ1v) is 7.44. The maximum Gasteiger partial charge on any atom is 0.00457 e. The van der Waals surface area contributed by atoms with Gasteiger partial charge in [0.2, 0.25) is 0 Å². The molecule has 49 valence electrons. The van der Waals surface area contributed by atoms with E-state index in [-0.39, 0.29) is 0 Å². The van der Waals surface area contributed by atoms with E-state index < -0.39 is 0 Å². The summed E-state index contributed by atoms with van der Waals surface area (Å²) in [7, 11) is 7.32. The molecule has 0 spiro atoms. The van der Waals surface area contributed by atoms with Gasteiger partial charge in [-0.15, -0.1) is 0 Å². The third-order valence-corrected chi connectivity index (χ3v) is 6.66. The van der Waals surface area contributed by atoms with Crippen LogP contribution in [0.15, 0.2) is 0 Å². The first-order chi connectivity index (χ1) is 3.91. The molecule has 0 aromatic heterocycles. The smallest absolute Gasteiger partial charge is 0.00457 e. The summed E-state index contributed by atoms with van der Waals surface area (Å²) in [4.78, 5) is 0. The van der Waals surface area contributed by atoms with Gasteiger partial charge in [0.25, 0.3) is 0 Å². The summed E-state index contributed by atoms with van der Waals surface area (Å²) in [6, 6.07) is 0. The maximum absolute atomic E-state index is 3.70. The lowest BCUT2D eigenvalue weighted by Gasteiger charge is -1.91. The molecular weight excluding hydrogens is 176 g/mol. The molecule has 0 saturated carbocycles. The highest BCUT2D eigenvalue weighted by molar-refractivity contribution is 9.26. The van der Waals surface area contributed by atoms with Crippen molar-refractivity contribution in [3.63, 3.8) is 0 Å². The van der Waals surface area contributed by atoms with Gasteiger partial charge in [-0.25, -0.2) is 0 Å². The molecule has 0 atom stereocenters. The summed E-state index contributed by atoms with van der Waals surface area (Å²) in [5.41, 5.74) is 0. The van der Waals surface area contributed by atoms with Crippen molar-refractivity contribution in [3.05, 3.63) is 6.92 Å². The lowest BCUT2D eigenvalue weighted by Crippen LogP contribution is -1.54. The number of hydrogen-bond donors (Lipinski definition) is 0. The summed E-state index contributed by atoms with van der Waals surface area (Å²) in [6.45, 7) is 5.86. The Balaban J connectivity index is 2.53. The fourth-order valence-electron chi connectivity index (χ4n) is 0.121. The first kappa shape index (κ1) is 9.40. The predicted octanol–water partition coefficient (Wildman–Crippen LogP) is 3.52. The van der Waals surface area contributed by atoms with E-state index in [1.807, 2.05) is 30.4 Å². The van der Waals surface area contributed by atoms with Crippen LogP contribution in [-0.2, 0) is 0 Å². The Morgan fingerprint density at radius 3 is 2.38 bits per heavy atom. The molecule has 0 fully saturated rings. The van der Waals surface area contributed by atoms with Gasteiger partial charge in [-0.3, -0.25) is 0 Å². The molecule has 8 heavy (non-hydrogen) atoms. The molecule has 0 rings (SSSR count). The average molecular weight is 185 g/mol. The fourth-order valence-corrected chi connectivity index (χ4v) is 5.40. The number of hydrogen-bond acceptors (Lipinski definition) is 4. The van der Waals surface area contributed by atoms with Crippen molar-refractivity contribution in [2.75, 3.05) is 11.5 Å². The maximum atomic E-state index is 3.70. The van der Waals surface area contributed by atoms with Gasteiger partial charge in [0.1, 0.15) is 0 Å². The second-order valence-electron chi connectivity index (χ2n) is 0.865. The Hall–Kier alpha value is 1.40. The molecule has 0 bridgehead atoms. The predicted molar refractivity (Wildman–Crippen MR) is 51.1 cm³/mol. The minimum atomic E-state index is 0.960. The van der Waals surface area contributed by atoms with E-state index in [0.29, 0.717) is 0 Å². The third kappa shape index (κ3) is 7.40. The second kappa shape index (κ2) is 8.40. The van der Waals surface area contributed by atoms with E-state index in [9.17, 15) is 0 Å². The zero-order valence-corrected chi connectivity index (χ0v) is 8.02. The molecule has 0 amide bonds. The first-order valence-electron chi connectivity index (χ1n) is 2.28. The molecule has 0 aliphatic carbocycles. The average Bonchev–Trinajstić information content (AvgIpc) is 1.81. The number of rotatable bonds is 5. The molecule has 0 saturated heterocycles. The quantitative estimate of drug-likeness (QED) is 0.474. The van der Waals surface area contributed by atoms with Crippen LogP contribution < -0.4 is 0 Å². The van der Waals surface area contributed by atoms with E-state index in [1.54, 1.807) is 10.8 Å². The lowest BCUT2D eigenvalue weighted by molar-refractivity contribution is 1.54. The van der Waals surface area contributed by atoms with Gasteiger partial charge in [0.15, 0.2) is 0 Å². The van der Waals surface area contributed by atoms with Crippen LogP contribution in [0.1, 0.15) is 6.92 Å². The van der Waals surface area contributed by atoms with Gasteiger partial charge < -0.3 is 0 Å². The summed E-state index contributed by atoms with van der Waals surface area (Å²) in [5.74, 6) is 2.15. The van der Waals surface area contributed by atoms with Gasteiger partial charge in [-0.05, 0) is 26.6 Å². The van der Waals surface area contributed by atoms with Gasteiger partial charge in [-0.2, -0.15) is 0 Å². The van der Waals surface area contributed by atoms with Crippen molar-refractivity contribution in [2.45, 2.75) is 6.92 Å². The van der Waals surface area contributed by atoms with E-state index >= 15 is 0 Å². The van der Waals surface area contributed by atoms with Crippen LogP contribution >= 0.6 is 41.2 Å². The summed E-state index contributed by atoms with van der Waals surface area (Å²) < 4.78 is 0. The van der Waals surface area contributed by atoms with Crippen molar-refractivity contribution in [1.29, 1.82) is 0 Å². The normalized spacial score (nSPS) is 9.75. The molecule has 1 radical (unpaired) electrons. The van der Waals surface area contributed by atoms with Crippen LogP contribution in [0.4, 0.5) is 0 Å². The summed E-state index contributed by atoms with van der Waals surface area (Å²) in [5, 5.41) is 0. The van der Waals surface area contributed by atoms with Gasteiger partial charge in [0.05, 0.1) is 0 Å². The molecule has 0 unspecified atom stereocenters. The highest BCUT2D eigenvalue weighted by atomic mass is 33.7. The zero-order valence-electron chi connectivity index (χ0n) is 4.75. The monoisotopic (exact) mass is 185 g/mol.